The van der Waals surface area contributed by atoms with Crippen molar-refractivity contribution in [1.82, 2.24) is 5.32 Å². The van der Waals surface area contributed by atoms with E-state index in [0.717, 1.165) is 0 Å². The van der Waals surface area contributed by atoms with Gasteiger partial charge in [-0.1, -0.05) is 0 Å². The van der Waals surface area contributed by atoms with Crippen molar-refractivity contribution in [3.05, 3.63) is 0 Å². The highest BCUT2D eigenvalue weighted by atomic mass is 16.7. The fourth-order valence-corrected chi connectivity index (χ4v) is 0.691. The summed E-state index contributed by atoms with van der Waals surface area (Å²) in [6, 6.07) is 0. The van der Waals surface area contributed by atoms with Crippen LogP contribution in [0.25, 0.3) is 0 Å². The van der Waals surface area contributed by atoms with E-state index in [-0.39, 0.29) is 0 Å². The Bertz CT molecular complexity index is 191. The second-order valence-corrected chi connectivity index (χ2v) is 1.94. The molecule has 0 aromatic heterocycles. The number of hydrogen-bond donors (Lipinski definition) is 2. The van der Waals surface area contributed by atoms with Gasteiger partial charge >= 0.3 is 6.09 Å². The molecule has 1 rings (SSSR count). The van der Waals surface area contributed by atoms with Crippen molar-refractivity contribution in [1.29, 1.82) is 0 Å². The maximum atomic E-state index is 10.1. The Morgan fingerprint density at radius 2 is 2.73 bits per heavy atom. The molecular formula is C5H8N2O4. The zero-order chi connectivity index (χ0) is 8.27. The minimum atomic E-state index is -1.14. The highest BCUT2D eigenvalue weighted by molar-refractivity contribution is 5.77. The number of methoxy groups -OCH3 is 1. The Hall–Kier alpha value is -1.46. The van der Waals surface area contributed by atoms with Gasteiger partial charge in [0.15, 0.2) is 0 Å². The molecule has 0 aromatic carbocycles. The van der Waals surface area contributed by atoms with E-state index in [1.807, 2.05) is 0 Å². The monoisotopic (exact) mass is 160 g/mol. The molecule has 1 amide bonds. The molecular weight excluding hydrogens is 152 g/mol. The summed E-state index contributed by atoms with van der Waals surface area (Å²) >= 11 is 0. The van der Waals surface area contributed by atoms with Crippen molar-refractivity contribution in [2.75, 3.05) is 7.11 Å². The first-order chi connectivity index (χ1) is 5.22. The van der Waals surface area contributed by atoms with Crippen LogP contribution in [0, 0.1) is 0 Å². The Balaban J connectivity index is 2.30. The summed E-state index contributed by atoms with van der Waals surface area (Å²) in [6.45, 7) is 0. The second kappa shape index (κ2) is 3.09. The van der Waals surface area contributed by atoms with E-state index in [1.165, 1.54) is 7.11 Å². The van der Waals surface area contributed by atoms with Gasteiger partial charge in [-0.25, -0.2) is 4.79 Å². The van der Waals surface area contributed by atoms with Gasteiger partial charge in [0, 0.05) is 0 Å². The molecule has 1 aliphatic rings. The number of rotatable bonds is 1. The summed E-state index contributed by atoms with van der Waals surface area (Å²) in [4.78, 5) is 14.7. The standard InChI is InChI=1S/C5H8N2O4/c1-10-4-2-3(11-7-4)6-5(8)9/h3,6H,2H2,1H3,(H,8,9). The molecule has 1 heterocycles. The Kier molecular flexibility index (Phi) is 2.15. The van der Waals surface area contributed by atoms with E-state index >= 15 is 0 Å². The van der Waals surface area contributed by atoms with Gasteiger partial charge in [0.25, 0.3) is 0 Å². The summed E-state index contributed by atoms with van der Waals surface area (Å²) in [5, 5.41) is 13.8. The molecule has 0 aromatic rings. The number of nitrogens with one attached hydrogen (secondary N) is 1. The lowest BCUT2D eigenvalue weighted by Crippen LogP contribution is -2.33. The van der Waals surface area contributed by atoms with Crippen molar-refractivity contribution >= 4 is 12.0 Å². The van der Waals surface area contributed by atoms with E-state index in [1.54, 1.807) is 0 Å². The smallest absolute Gasteiger partial charge is 0.407 e. The van der Waals surface area contributed by atoms with Gasteiger partial charge in [-0.15, -0.1) is 0 Å². The summed E-state index contributed by atoms with van der Waals surface area (Å²) in [5.41, 5.74) is 0. The van der Waals surface area contributed by atoms with E-state index in [9.17, 15) is 4.79 Å². The van der Waals surface area contributed by atoms with Crippen LogP contribution >= 0.6 is 0 Å². The summed E-state index contributed by atoms with van der Waals surface area (Å²) < 4.78 is 4.72. The SMILES string of the molecule is COC1=NOC(NC(=O)O)C1. The molecule has 0 fully saturated rings. The topological polar surface area (TPSA) is 80.2 Å². The third-order valence-electron chi connectivity index (χ3n) is 1.16. The normalized spacial score (nSPS) is 21.9. The molecule has 6 heteroatoms. The quantitative estimate of drug-likeness (QED) is 0.564. The van der Waals surface area contributed by atoms with E-state index in [2.05, 4.69) is 15.3 Å². The highest BCUT2D eigenvalue weighted by Crippen LogP contribution is 2.07. The maximum absolute atomic E-state index is 10.1. The highest BCUT2D eigenvalue weighted by Gasteiger charge is 2.22. The molecule has 0 radical (unpaired) electrons. The first-order valence-corrected chi connectivity index (χ1v) is 2.98. The summed E-state index contributed by atoms with van der Waals surface area (Å²) in [6.07, 6.45) is -1.41. The van der Waals surface area contributed by atoms with Gasteiger partial charge in [-0.2, -0.15) is 0 Å². The molecule has 0 aliphatic carbocycles. The van der Waals surface area contributed by atoms with E-state index < -0.39 is 12.3 Å². The molecule has 0 saturated heterocycles. The molecule has 62 valence electrons. The molecule has 11 heavy (non-hydrogen) atoms. The molecule has 0 spiro atoms. The average Bonchev–Trinajstić information content (AvgIpc) is 2.34. The van der Waals surface area contributed by atoms with Crippen LogP contribution in [0.1, 0.15) is 6.42 Å². The lowest BCUT2D eigenvalue weighted by molar-refractivity contribution is 0.0593. The van der Waals surface area contributed by atoms with Crippen LogP contribution in [-0.2, 0) is 9.57 Å². The molecule has 6 nitrogen and oxygen atoms in total. The zero-order valence-corrected chi connectivity index (χ0v) is 5.90. The predicted molar refractivity (Wildman–Crippen MR) is 35.1 cm³/mol. The van der Waals surface area contributed by atoms with E-state index in [4.69, 9.17) is 9.84 Å². The Morgan fingerprint density at radius 1 is 2.00 bits per heavy atom. The lowest BCUT2D eigenvalue weighted by Gasteiger charge is -2.05. The minimum Gasteiger partial charge on any atom is -0.482 e. The van der Waals surface area contributed by atoms with Crippen molar-refractivity contribution < 1.29 is 19.5 Å². The van der Waals surface area contributed by atoms with Crippen LogP contribution in [-0.4, -0.2) is 30.4 Å². The van der Waals surface area contributed by atoms with Gasteiger partial charge in [0.2, 0.25) is 12.1 Å². The third kappa shape index (κ3) is 1.99. The molecule has 1 unspecified atom stereocenters. The Labute approximate surface area is 62.8 Å². The van der Waals surface area contributed by atoms with Gasteiger partial charge in [-0.3, -0.25) is 5.32 Å². The van der Waals surface area contributed by atoms with Crippen molar-refractivity contribution in [3.8, 4) is 0 Å². The first kappa shape index (κ1) is 7.64. The number of nitrogens with zero attached hydrogens (tertiary/aromatic N) is 1. The molecule has 0 bridgehead atoms. The van der Waals surface area contributed by atoms with Crippen LogP contribution in [0.4, 0.5) is 4.79 Å². The van der Waals surface area contributed by atoms with Gasteiger partial charge in [0.05, 0.1) is 13.5 Å². The van der Waals surface area contributed by atoms with Crippen molar-refractivity contribution in [2.24, 2.45) is 5.16 Å². The van der Waals surface area contributed by atoms with Gasteiger partial charge in [0.1, 0.15) is 0 Å². The lowest BCUT2D eigenvalue weighted by atomic mass is 10.4. The third-order valence-corrected chi connectivity index (χ3v) is 1.16. The summed E-state index contributed by atoms with van der Waals surface area (Å²) in [5.74, 6) is 0.392. The van der Waals surface area contributed by atoms with Crippen molar-refractivity contribution in [2.45, 2.75) is 12.6 Å². The first-order valence-electron chi connectivity index (χ1n) is 2.98. The largest absolute Gasteiger partial charge is 0.482 e. The van der Waals surface area contributed by atoms with Crippen LogP contribution in [0.3, 0.4) is 0 Å². The second-order valence-electron chi connectivity index (χ2n) is 1.94. The fraction of sp³-hybridized carbons (Fsp3) is 0.600. The number of carbonyl (C=O) groups is 1. The average molecular weight is 160 g/mol. The number of amides is 1. The number of carboxylic acid groups (broad SMARTS) is 1. The summed E-state index contributed by atoms with van der Waals surface area (Å²) in [7, 11) is 1.45. The van der Waals surface area contributed by atoms with Crippen molar-refractivity contribution in [3.63, 3.8) is 0 Å². The van der Waals surface area contributed by atoms with Crippen LogP contribution < -0.4 is 5.32 Å². The molecule has 1 aliphatic heterocycles. The van der Waals surface area contributed by atoms with E-state index in [0.29, 0.717) is 12.3 Å². The number of oxime groups is 1. The predicted octanol–water partition coefficient (Wildman–Crippen LogP) is -0.0397. The zero-order valence-electron chi connectivity index (χ0n) is 5.90. The maximum Gasteiger partial charge on any atom is 0.407 e. The Morgan fingerprint density at radius 3 is 3.18 bits per heavy atom. The molecule has 1 atom stereocenters. The van der Waals surface area contributed by atoms with Gasteiger partial charge in [-0.05, 0) is 5.16 Å². The minimum absolute atomic E-state index is 0.336. The van der Waals surface area contributed by atoms with Crippen LogP contribution in [0.2, 0.25) is 0 Å². The number of ether oxygens (including phenoxy) is 1. The molecule has 0 saturated carbocycles. The van der Waals surface area contributed by atoms with Crippen LogP contribution in [0.15, 0.2) is 5.16 Å². The number of hydrogen-bond acceptors (Lipinski definition) is 4. The van der Waals surface area contributed by atoms with Gasteiger partial charge < -0.3 is 14.7 Å². The molecule has 2 N–H and O–H groups in total. The van der Waals surface area contributed by atoms with Crippen LogP contribution in [0.5, 0.6) is 0 Å². The fourth-order valence-electron chi connectivity index (χ4n) is 0.691.